The first kappa shape index (κ1) is 13.4. The molecule has 0 radical (unpaired) electrons. The van der Waals surface area contributed by atoms with E-state index in [9.17, 15) is 10.1 Å². The van der Waals surface area contributed by atoms with Crippen molar-refractivity contribution in [3.05, 3.63) is 27.9 Å². The summed E-state index contributed by atoms with van der Waals surface area (Å²) < 4.78 is 0. The van der Waals surface area contributed by atoms with Crippen molar-refractivity contribution < 1.29 is 10.0 Å². The number of aromatic nitrogens is 1. The minimum Gasteiger partial charge on any atom is -0.394 e. The molecule has 0 spiro atoms. The molecule has 0 bridgehead atoms. The molecule has 94 valence electrons. The minimum absolute atomic E-state index is 0.0305. The fourth-order valence-corrected chi connectivity index (χ4v) is 1.40. The fourth-order valence-electron chi connectivity index (χ4n) is 1.40. The molecule has 17 heavy (non-hydrogen) atoms. The number of hydrogen-bond donors (Lipinski definition) is 2. The number of pyridine rings is 1. The summed E-state index contributed by atoms with van der Waals surface area (Å²) in [6.07, 6.45) is 1.45. The van der Waals surface area contributed by atoms with Crippen molar-refractivity contribution >= 4 is 11.5 Å². The fraction of sp³-hybridized carbons (Fsp3) is 0.545. The van der Waals surface area contributed by atoms with Crippen molar-refractivity contribution in [1.29, 1.82) is 0 Å². The number of nitrogens with zero attached hydrogens (tertiary/aromatic N) is 2. The van der Waals surface area contributed by atoms with Crippen LogP contribution in [0.5, 0.6) is 0 Å². The number of hydrogen-bond acceptors (Lipinski definition) is 5. The van der Waals surface area contributed by atoms with Crippen molar-refractivity contribution in [3.8, 4) is 0 Å². The number of aliphatic hydroxyl groups excluding tert-OH is 1. The lowest BCUT2D eigenvalue weighted by Crippen LogP contribution is -2.29. The summed E-state index contributed by atoms with van der Waals surface area (Å²) in [5, 5.41) is 22.9. The number of nitro groups is 1. The van der Waals surface area contributed by atoms with Crippen molar-refractivity contribution in [1.82, 2.24) is 4.98 Å². The topological polar surface area (TPSA) is 88.3 Å². The van der Waals surface area contributed by atoms with E-state index < -0.39 is 4.92 Å². The highest BCUT2D eigenvalue weighted by molar-refractivity contribution is 5.49. The molecule has 0 saturated carbocycles. The lowest BCUT2D eigenvalue weighted by molar-refractivity contribution is -0.385. The Balaban J connectivity index is 2.92. The molecule has 0 aliphatic carbocycles. The van der Waals surface area contributed by atoms with Gasteiger partial charge >= 0.3 is 0 Å². The Bertz CT molecular complexity index is 407. The van der Waals surface area contributed by atoms with Crippen molar-refractivity contribution in [2.75, 3.05) is 11.9 Å². The van der Waals surface area contributed by atoms with Crippen LogP contribution in [0.2, 0.25) is 0 Å². The second kappa shape index (κ2) is 5.58. The Morgan fingerprint density at radius 2 is 2.24 bits per heavy atom. The Morgan fingerprint density at radius 1 is 1.59 bits per heavy atom. The van der Waals surface area contributed by atoms with Gasteiger partial charge in [-0.05, 0) is 12.8 Å². The summed E-state index contributed by atoms with van der Waals surface area (Å²) in [6.45, 7) is 5.51. The molecule has 0 aliphatic heterocycles. The quantitative estimate of drug-likeness (QED) is 0.603. The summed E-state index contributed by atoms with van der Waals surface area (Å²) in [5.74, 6) is 0.622. The molecule has 0 aliphatic rings. The maximum Gasteiger partial charge on any atom is 0.277 e. The number of rotatable bonds is 5. The van der Waals surface area contributed by atoms with E-state index in [-0.39, 0.29) is 24.3 Å². The summed E-state index contributed by atoms with van der Waals surface area (Å²) in [7, 11) is 0. The molecule has 0 saturated heterocycles. The molecule has 1 rings (SSSR count). The maximum absolute atomic E-state index is 10.8. The van der Waals surface area contributed by atoms with Gasteiger partial charge in [-0.3, -0.25) is 10.1 Å². The van der Waals surface area contributed by atoms with Crippen LogP contribution in [0.4, 0.5) is 11.5 Å². The van der Waals surface area contributed by atoms with Crippen LogP contribution < -0.4 is 5.32 Å². The first-order chi connectivity index (χ1) is 7.95. The highest BCUT2D eigenvalue weighted by atomic mass is 16.6. The summed E-state index contributed by atoms with van der Waals surface area (Å²) in [4.78, 5) is 14.4. The number of aliphatic hydroxyl groups is 1. The van der Waals surface area contributed by atoms with Gasteiger partial charge in [0.05, 0.1) is 23.6 Å². The second-order valence-corrected chi connectivity index (χ2v) is 4.29. The molecule has 1 aromatic rings. The monoisotopic (exact) mass is 239 g/mol. The number of aryl methyl sites for hydroxylation is 1. The lowest BCUT2D eigenvalue weighted by Gasteiger charge is -2.20. The van der Waals surface area contributed by atoms with Crippen LogP contribution >= 0.6 is 0 Å². The lowest BCUT2D eigenvalue weighted by atomic mass is 10.1. The predicted molar refractivity (Wildman–Crippen MR) is 65.0 cm³/mol. The minimum atomic E-state index is -0.439. The van der Waals surface area contributed by atoms with Gasteiger partial charge in [-0.1, -0.05) is 13.8 Å². The zero-order valence-electron chi connectivity index (χ0n) is 10.2. The van der Waals surface area contributed by atoms with E-state index in [0.717, 1.165) is 0 Å². The normalized spacial score (nSPS) is 12.5. The summed E-state index contributed by atoms with van der Waals surface area (Å²) in [5.41, 5.74) is 0.550. The average molecular weight is 239 g/mol. The van der Waals surface area contributed by atoms with Crippen LogP contribution in [0.15, 0.2) is 12.3 Å². The number of anilines is 1. The summed E-state index contributed by atoms with van der Waals surface area (Å²) in [6, 6.07) is 1.23. The van der Waals surface area contributed by atoms with E-state index in [0.29, 0.717) is 11.4 Å². The van der Waals surface area contributed by atoms with Crippen LogP contribution in [0.3, 0.4) is 0 Å². The van der Waals surface area contributed by atoms with Crippen molar-refractivity contribution in [3.63, 3.8) is 0 Å². The van der Waals surface area contributed by atoms with Gasteiger partial charge in [0.2, 0.25) is 0 Å². The third kappa shape index (κ3) is 3.39. The van der Waals surface area contributed by atoms with Gasteiger partial charge in [0.25, 0.3) is 5.69 Å². The third-order valence-corrected chi connectivity index (χ3v) is 2.61. The Labute approximate surface area is 99.8 Å². The van der Waals surface area contributed by atoms with Crippen LogP contribution in [0, 0.1) is 23.0 Å². The molecule has 1 atom stereocenters. The predicted octanol–water partition coefficient (Wildman–Crippen LogP) is 1.73. The van der Waals surface area contributed by atoms with Crippen LogP contribution in [-0.4, -0.2) is 27.7 Å². The van der Waals surface area contributed by atoms with E-state index in [4.69, 9.17) is 5.11 Å². The van der Waals surface area contributed by atoms with Crippen LogP contribution in [-0.2, 0) is 0 Å². The largest absolute Gasteiger partial charge is 0.394 e. The molecule has 0 amide bonds. The van der Waals surface area contributed by atoms with Gasteiger partial charge in [0.15, 0.2) is 0 Å². The molecule has 6 heteroatoms. The van der Waals surface area contributed by atoms with Gasteiger partial charge in [-0.15, -0.1) is 0 Å². The van der Waals surface area contributed by atoms with Gasteiger partial charge in [-0.25, -0.2) is 4.98 Å². The third-order valence-electron chi connectivity index (χ3n) is 2.61. The number of nitrogens with one attached hydrogen (secondary N) is 1. The van der Waals surface area contributed by atoms with Gasteiger partial charge in [0.1, 0.15) is 5.82 Å². The average Bonchev–Trinajstić information content (AvgIpc) is 2.27. The van der Waals surface area contributed by atoms with E-state index in [1.165, 1.54) is 12.3 Å². The van der Waals surface area contributed by atoms with Crippen molar-refractivity contribution in [2.24, 2.45) is 5.92 Å². The molecular formula is C11H17N3O3. The van der Waals surface area contributed by atoms with Gasteiger partial charge in [0, 0.05) is 11.8 Å². The van der Waals surface area contributed by atoms with E-state index in [1.54, 1.807) is 6.92 Å². The molecule has 6 nitrogen and oxygen atoms in total. The smallest absolute Gasteiger partial charge is 0.277 e. The molecule has 0 fully saturated rings. The Hall–Kier alpha value is -1.69. The maximum atomic E-state index is 10.8. The van der Waals surface area contributed by atoms with Gasteiger partial charge < -0.3 is 10.4 Å². The molecule has 1 heterocycles. The van der Waals surface area contributed by atoms with Crippen molar-refractivity contribution in [2.45, 2.75) is 26.8 Å². The van der Waals surface area contributed by atoms with E-state index >= 15 is 0 Å². The SMILES string of the molecule is Cc1cnc(NC(CO)C(C)C)cc1[N+](=O)[O-]. The van der Waals surface area contributed by atoms with Crippen LogP contribution in [0.25, 0.3) is 0 Å². The van der Waals surface area contributed by atoms with Gasteiger partial charge in [-0.2, -0.15) is 0 Å². The highest BCUT2D eigenvalue weighted by Crippen LogP contribution is 2.21. The molecule has 0 aromatic carbocycles. The Morgan fingerprint density at radius 3 is 2.71 bits per heavy atom. The summed E-state index contributed by atoms with van der Waals surface area (Å²) >= 11 is 0. The standard InChI is InChI=1S/C11H17N3O3/c1-7(2)9(6-15)13-11-4-10(14(16)17)8(3)5-12-11/h4-5,7,9,15H,6H2,1-3H3,(H,12,13). The zero-order valence-corrected chi connectivity index (χ0v) is 10.2. The van der Waals surface area contributed by atoms with Crippen LogP contribution in [0.1, 0.15) is 19.4 Å². The van der Waals surface area contributed by atoms with E-state index in [2.05, 4.69) is 10.3 Å². The van der Waals surface area contributed by atoms with E-state index in [1.807, 2.05) is 13.8 Å². The first-order valence-electron chi connectivity index (χ1n) is 5.44. The molecule has 1 unspecified atom stereocenters. The first-order valence-corrected chi connectivity index (χ1v) is 5.44. The molecular weight excluding hydrogens is 222 g/mol. The Kier molecular flexibility index (Phi) is 4.39. The highest BCUT2D eigenvalue weighted by Gasteiger charge is 2.16. The zero-order chi connectivity index (χ0) is 13.0. The molecule has 1 aromatic heterocycles. The second-order valence-electron chi connectivity index (χ2n) is 4.29. The molecule has 2 N–H and O–H groups in total.